The molecule has 1 N–H and O–H groups in total. The Morgan fingerprint density at radius 2 is 1.71 bits per heavy atom. The van der Waals surface area contributed by atoms with Crippen molar-refractivity contribution < 1.29 is 22.7 Å². The van der Waals surface area contributed by atoms with Gasteiger partial charge in [0.15, 0.2) is 0 Å². The van der Waals surface area contributed by atoms with E-state index in [1.807, 2.05) is 0 Å². The molecule has 0 radical (unpaired) electrons. The van der Waals surface area contributed by atoms with Crippen molar-refractivity contribution in [1.82, 2.24) is 4.98 Å². The number of para-hydroxylation sites is 1. The van der Waals surface area contributed by atoms with Crippen LogP contribution in [0.1, 0.15) is 16.1 Å². The molecule has 156 valence electrons. The normalized spacial score (nSPS) is 10.7. The van der Waals surface area contributed by atoms with Crippen molar-refractivity contribution in [3.8, 4) is 16.3 Å². The SMILES string of the molecule is O=C(Nc1ccc(F)cc1)c1csc(-c2ccccc2OCc2ccc(F)cc2F)n1. The van der Waals surface area contributed by atoms with Crippen molar-refractivity contribution >= 4 is 22.9 Å². The van der Waals surface area contributed by atoms with Crippen LogP contribution in [0.5, 0.6) is 5.75 Å². The summed E-state index contributed by atoms with van der Waals surface area (Å²) in [5, 5.41) is 4.80. The van der Waals surface area contributed by atoms with Gasteiger partial charge in [0.25, 0.3) is 5.91 Å². The van der Waals surface area contributed by atoms with Crippen LogP contribution < -0.4 is 10.1 Å². The topological polar surface area (TPSA) is 51.2 Å². The third-order valence-electron chi connectivity index (χ3n) is 4.35. The Kier molecular flexibility index (Phi) is 5.99. The quantitative estimate of drug-likeness (QED) is 0.397. The van der Waals surface area contributed by atoms with E-state index in [1.54, 1.807) is 29.6 Å². The number of hydrogen-bond donors (Lipinski definition) is 1. The van der Waals surface area contributed by atoms with Gasteiger partial charge in [-0.2, -0.15) is 0 Å². The van der Waals surface area contributed by atoms with Gasteiger partial charge in [-0.1, -0.05) is 12.1 Å². The Bertz CT molecular complexity index is 1230. The highest BCUT2D eigenvalue weighted by molar-refractivity contribution is 7.13. The van der Waals surface area contributed by atoms with Crippen LogP contribution in [-0.2, 0) is 6.61 Å². The third kappa shape index (κ3) is 4.92. The van der Waals surface area contributed by atoms with Crippen molar-refractivity contribution in [2.45, 2.75) is 6.61 Å². The monoisotopic (exact) mass is 440 g/mol. The zero-order valence-corrected chi connectivity index (χ0v) is 16.8. The van der Waals surface area contributed by atoms with E-state index in [0.717, 1.165) is 6.07 Å². The van der Waals surface area contributed by atoms with Gasteiger partial charge in [-0.15, -0.1) is 11.3 Å². The summed E-state index contributed by atoms with van der Waals surface area (Å²) < 4.78 is 45.7. The zero-order valence-electron chi connectivity index (χ0n) is 15.9. The molecular weight excluding hydrogens is 425 g/mol. The lowest BCUT2D eigenvalue weighted by molar-refractivity contribution is 0.102. The van der Waals surface area contributed by atoms with Crippen LogP contribution >= 0.6 is 11.3 Å². The Morgan fingerprint density at radius 3 is 2.48 bits per heavy atom. The average molecular weight is 440 g/mol. The second-order valence-electron chi connectivity index (χ2n) is 6.52. The summed E-state index contributed by atoms with van der Waals surface area (Å²) >= 11 is 1.25. The summed E-state index contributed by atoms with van der Waals surface area (Å²) in [6.45, 7) is -0.0909. The third-order valence-corrected chi connectivity index (χ3v) is 5.23. The lowest BCUT2D eigenvalue weighted by atomic mass is 10.2. The number of rotatable bonds is 6. The number of halogens is 3. The van der Waals surface area contributed by atoms with E-state index in [4.69, 9.17) is 4.74 Å². The fourth-order valence-electron chi connectivity index (χ4n) is 2.79. The van der Waals surface area contributed by atoms with Crippen LogP contribution in [0.2, 0.25) is 0 Å². The number of nitrogens with one attached hydrogen (secondary N) is 1. The van der Waals surface area contributed by atoms with Crippen LogP contribution in [0.3, 0.4) is 0 Å². The highest BCUT2D eigenvalue weighted by Crippen LogP contribution is 2.33. The lowest BCUT2D eigenvalue weighted by Crippen LogP contribution is -2.12. The first-order valence-electron chi connectivity index (χ1n) is 9.18. The zero-order chi connectivity index (χ0) is 21.8. The van der Waals surface area contributed by atoms with Gasteiger partial charge in [0.2, 0.25) is 0 Å². The summed E-state index contributed by atoms with van der Waals surface area (Å²) in [7, 11) is 0. The van der Waals surface area contributed by atoms with E-state index < -0.39 is 23.4 Å². The number of hydrogen-bond acceptors (Lipinski definition) is 4. The smallest absolute Gasteiger partial charge is 0.275 e. The van der Waals surface area contributed by atoms with Crippen LogP contribution in [0.4, 0.5) is 18.9 Å². The van der Waals surface area contributed by atoms with Crippen LogP contribution in [-0.4, -0.2) is 10.9 Å². The van der Waals surface area contributed by atoms with E-state index in [1.165, 1.54) is 47.7 Å². The summed E-state index contributed by atoms with van der Waals surface area (Å²) in [4.78, 5) is 16.8. The number of amides is 1. The number of nitrogens with zero attached hydrogens (tertiary/aromatic N) is 1. The van der Waals surface area contributed by atoms with Crippen LogP contribution in [0, 0.1) is 17.5 Å². The molecule has 0 atom stereocenters. The maximum Gasteiger partial charge on any atom is 0.275 e. The Hall–Kier alpha value is -3.65. The number of aromatic nitrogens is 1. The molecule has 0 saturated carbocycles. The van der Waals surface area contributed by atoms with E-state index in [0.29, 0.717) is 22.0 Å². The molecule has 0 spiro atoms. The van der Waals surface area contributed by atoms with Gasteiger partial charge >= 0.3 is 0 Å². The predicted molar refractivity (Wildman–Crippen MR) is 113 cm³/mol. The van der Waals surface area contributed by atoms with E-state index in [9.17, 15) is 18.0 Å². The maximum absolute atomic E-state index is 13.9. The molecule has 0 aliphatic carbocycles. The largest absolute Gasteiger partial charge is 0.488 e. The minimum Gasteiger partial charge on any atom is -0.488 e. The summed E-state index contributed by atoms with van der Waals surface area (Å²) in [6.07, 6.45) is 0. The van der Waals surface area contributed by atoms with Gasteiger partial charge in [0.1, 0.15) is 40.5 Å². The first-order chi connectivity index (χ1) is 15.0. The second kappa shape index (κ2) is 9.01. The standard InChI is InChI=1S/C23H15F3N2O2S/c24-15-7-9-17(10-8-15)27-22(29)20-13-31-23(28-20)18-3-1-2-4-21(18)30-12-14-5-6-16(25)11-19(14)26/h1-11,13H,12H2,(H,27,29). The molecule has 4 aromatic rings. The number of thiazole rings is 1. The molecule has 4 rings (SSSR count). The number of anilines is 1. The molecule has 0 fully saturated rings. The fraction of sp³-hybridized carbons (Fsp3) is 0.0435. The summed E-state index contributed by atoms with van der Waals surface area (Å²) in [6, 6.07) is 15.7. The lowest BCUT2D eigenvalue weighted by Gasteiger charge is -2.10. The van der Waals surface area contributed by atoms with E-state index in [-0.39, 0.29) is 17.9 Å². The van der Waals surface area contributed by atoms with Crippen molar-refractivity contribution in [3.63, 3.8) is 0 Å². The molecule has 1 amide bonds. The van der Waals surface area contributed by atoms with Crippen molar-refractivity contribution in [3.05, 3.63) is 101 Å². The predicted octanol–water partition coefficient (Wildman–Crippen LogP) is 6.06. The number of benzene rings is 3. The van der Waals surface area contributed by atoms with Gasteiger partial charge in [-0.05, 0) is 48.5 Å². The van der Waals surface area contributed by atoms with Gasteiger partial charge in [-0.3, -0.25) is 4.79 Å². The first-order valence-corrected chi connectivity index (χ1v) is 10.1. The molecule has 4 nitrogen and oxygen atoms in total. The van der Waals surface area contributed by atoms with E-state index >= 15 is 0 Å². The Balaban J connectivity index is 1.51. The summed E-state index contributed by atoms with van der Waals surface area (Å²) in [5.74, 6) is -1.72. The van der Waals surface area contributed by atoms with Crippen molar-refractivity contribution in [1.29, 1.82) is 0 Å². The average Bonchev–Trinajstić information content (AvgIpc) is 3.25. The minimum absolute atomic E-state index is 0.0909. The first kappa shape index (κ1) is 20.6. The van der Waals surface area contributed by atoms with Gasteiger partial charge < -0.3 is 10.1 Å². The van der Waals surface area contributed by atoms with Crippen LogP contribution in [0.25, 0.3) is 10.6 Å². The second-order valence-corrected chi connectivity index (χ2v) is 7.38. The van der Waals surface area contributed by atoms with Gasteiger partial charge in [-0.25, -0.2) is 18.2 Å². The Labute approximate surface area is 180 Å². The number of carbonyl (C=O) groups excluding carboxylic acids is 1. The van der Waals surface area contributed by atoms with E-state index in [2.05, 4.69) is 10.3 Å². The molecule has 3 aromatic carbocycles. The molecule has 31 heavy (non-hydrogen) atoms. The molecule has 0 aliphatic rings. The molecule has 0 unspecified atom stereocenters. The van der Waals surface area contributed by atoms with Crippen LogP contribution in [0.15, 0.2) is 72.1 Å². The molecule has 0 bridgehead atoms. The van der Waals surface area contributed by atoms with Crippen molar-refractivity contribution in [2.75, 3.05) is 5.32 Å². The van der Waals surface area contributed by atoms with Crippen molar-refractivity contribution in [2.24, 2.45) is 0 Å². The maximum atomic E-state index is 13.9. The number of ether oxygens (including phenoxy) is 1. The summed E-state index contributed by atoms with van der Waals surface area (Å²) in [5.41, 5.74) is 1.50. The molecule has 1 aromatic heterocycles. The molecule has 8 heteroatoms. The Morgan fingerprint density at radius 1 is 0.968 bits per heavy atom. The molecule has 0 aliphatic heterocycles. The minimum atomic E-state index is -0.688. The number of carbonyl (C=O) groups is 1. The highest BCUT2D eigenvalue weighted by atomic mass is 32.1. The fourth-order valence-corrected chi connectivity index (χ4v) is 3.62. The molecule has 1 heterocycles. The molecular formula is C23H15F3N2O2S. The van der Waals surface area contributed by atoms with Gasteiger partial charge in [0.05, 0.1) is 5.56 Å². The van der Waals surface area contributed by atoms with Gasteiger partial charge in [0, 0.05) is 22.7 Å². The molecule has 0 saturated heterocycles. The highest BCUT2D eigenvalue weighted by Gasteiger charge is 2.15.